The number of amides is 1. The predicted octanol–water partition coefficient (Wildman–Crippen LogP) is 5.02. The van der Waals surface area contributed by atoms with Crippen LogP contribution in [0, 0.1) is 0 Å². The maximum atomic E-state index is 13.9. The summed E-state index contributed by atoms with van der Waals surface area (Å²) < 4.78 is 16.6. The second kappa shape index (κ2) is 10.6. The Labute approximate surface area is 213 Å². The van der Waals surface area contributed by atoms with Crippen molar-refractivity contribution in [2.75, 3.05) is 41.0 Å². The van der Waals surface area contributed by atoms with E-state index in [1.807, 2.05) is 41.3 Å². The van der Waals surface area contributed by atoms with Crippen LogP contribution in [0.25, 0.3) is 0 Å². The summed E-state index contributed by atoms with van der Waals surface area (Å²) in [5, 5.41) is 0. The maximum absolute atomic E-state index is 13.9. The van der Waals surface area contributed by atoms with Crippen LogP contribution in [0.15, 0.2) is 66.7 Å². The van der Waals surface area contributed by atoms with Crippen molar-refractivity contribution in [2.24, 2.45) is 0 Å². The smallest absolute Gasteiger partial charge is 0.237 e. The molecular formula is C30H34N2O4. The Bertz CT molecular complexity index is 1210. The van der Waals surface area contributed by atoms with Crippen molar-refractivity contribution < 1.29 is 19.0 Å². The Morgan fingerprint density at radius 1 is 0.861 bits per heavy atom. The normalized spacial score (nSPS) is 19.6. The van der Waals surface area contributed by atoms with E-state index in [-0.39, 0.29) is 18.0 Å². The lowest BCUT2D eigenvalue weighted by Crippen LogP contribution is -2.45. The summed E-state index contributed by atoms with van der Waals surface area (Å²) in [6, 6.07) is 22.7. The fourth-order valence-corrected chi connectivity index (χ4v) is 5.72. The van der Waals surface area contributed by atoms with Crippen LogP contribution in [0.1, 0.15) is 47.2 Å². The van der Waals surface area contributed by atoms with Gasteiger partial charge in [0.15, 0.2) is 11.5 Å². The third kappa shape index (κ3) is 4.65. The van der Waals surface area contributed by atoms with E-state index in [9.17, 15) is 4.79 Å². The van der Waals surface area contributed by atoms with Crippen molar-refractivity contribution in [3.05, 3.63) is 89.0 Å². The zero-order valence-corrected chi connectivity index (χ0v) is 21.3. The second-order valence-corrected chi connectivity index (χ2v) is 9.46. The highest BCUT2D eigenvalue weighted by Gasteiger charge is 2.36. The van der Waals surface area contributed by atoms with Gasteiger partial charge in [0.25, 0.3) is 0 Å². The lowest BCUT2D eigenvalue weighted by molar-refractivity contribution is -0.134. The molecule has 188 valence electrons. The number of nitrogens with zero attached hydrogens (tertiary/aromatic N) is 2. The standard InChI is InChI=1S/C30H34N2O4/c1-34-24-12-7-11-23(17-24)26-13-8-15-31(26)20-29(33)32-16-14-22-18-27(35-2)28(36-3)19-25(22)30(32)21-9-5-4-6-10-21/h4-7,9-12,17-19,26,30H,8,13-16,20H2,1-3H3. The number of methoxy groups -OCH3 is 3. The number of carbonyl (C=O) groups is 1. The first kappa shape index (κ1) is 24.2. The number of rotatable bonds is 7. The van der Waals surface area contributed by atoms with Crippen molar-refractivity contribution in [1.82, 2.24) is 9.80 Å². The molecule has 3 aromatic carbocycles. The molecule has 3 aromatic rings. The van der Waals surface area contributed by atoms with Crippen LogP contribution in [0.2, 0.25) is 0 Å². The lowest BCUT2D eigenvalue weighted by Gasteiger charge is -2.39. The molecule has 0 spiro atoms. The monoisotopic (exact) mass is 486 g/mol. The fourth-order valence-electron chi connectivity index (χ4n) is 5.72. The fraction of sp³-hybridized carbons (Fsp3) is 0.367. The average Bonchev–Trinajstić information content (AvgIpc) is 3.40. The van der Waals surface area contributed by atoms with E-state index >= 15 is 0 Å². The highest BCUT2D eigenvalue weighted by molar-refractivity contribution is 5.80. The molecule has 2 atom stereocenters. The van der Waals surface area contributed by atoms with Crippen LogP contribution >= 0.6 is 0 Å². The minimum absolute atomic E-state index is 0.152. The van der Waals surface area contributed by atoms with Gasteiger partial charge < -0.3 is 19.1 Å². The lowest BCUT2D eigenvalue weighted by atomic mass is 9.87. The molecule has 0 radical (unpaired) electrons. The third-order valence-electron chi connectivity index (χ3n) is 7.49. The summed E-state index contributed by atoms with van der Waals surface area (Å²) in [5.74, 6) is 2.41. The molecule has 1 fully saturated rings. The van der Waals surface area contributed by atoms with Crippen LogP contribution in [0.3, 0.4) is 0 Å². The highest BCUT2D eigenvalue weighted by atomic mass is 16.5. The van der Waals surface area contributed by atoms with Gasteiger partial charge in [-0.15, -0.1) is 0 Å². The molecule has 2 unspecified atom stereocenters. The van der Waals surface area contributed by atoms with Gasteiger partial charge in [-0.3, -0.25) is 9.69 Å². The van der Waals surface area contributed by atoms with Gasteiger partial charge in [-0.25, -0.2) is 0 Å². The Kier molecular flexibility index (Phi) is 7.14. The predicted molar refractivity (Wildman–Crippen MR) is 140 cm³/mol. The van der Waals surface area contributed by atoms with Gasteiger partial charge >= 0.3 is 0 Å². The Hall–Kier alpha value is -3.51. The SMILES string of the molecule is COc1cccc(C2CCCN2CC(=O)N2CCc3cc(OC)c(OC)cc3C2c2ccccc2)c1. The molecule has 2 heterocycles. The molecule has 36 heavy (non-hydrogen) atoms. The summed E-state index contributed by atoms with van der Waals surface area (Å²) in [6.07, 6.45) is 2.91. The van der Waals surface area contributed by atoms with E-state index in [2.05, 4.69) is 35.2 Å². The van der Waals surface area contributed by atoms with Crippen molar-refractivity contribution in [3.63, 3.8) is 0 Å². The molecule has 0 aromatic heterocycles. The molecule has 2 aliphatic rings. The topological polar surface area (TPSA) is 51.2 Å². The first-order valence-electron chi connectivity index (χ1n) is 12.6. The Morgan fingerprint density at radius 3 is 2.36 bits per heavy atom. The van der Waals surface area contributed by atoms with Gasteiger partial charge in [0.2, 0.25) is 5.91 Å². The number of ether oxygens (including phenoxy) is 3. The van der Waals surface area contributed by atoms with Gasteiger partial charge in [-0.2, -0.15) is 0 Å². The molecule has 6 heteroatoms. The van der Waals surface area contributed by atoms with Crippen molar-refractivity contribution in [2.45, 2.75) is 31.3 Å². The first-order chi connectivity index (χ1) is 17.6. The summed E-state index contributed by atoms with van der Waals surface area (Å²) in [6.45, 7) is 1.98. The van der Waals surface area contributed by atoms with Gasteiger partial charge in [0.05, 0.1) is 33.9 Å². The number of hydrogen-bond donors (Lipinski definition) is 0. The van der Waals surface area contributed by atoms with Gasteiger partial charge in [-0.05, 0) is 72.3 Å². The number of hydrogen-bond acceptors (Lipinski definition) is 5. The van der Waals surface area contributed by atoms with E-state index in [1.54, 1.807) is 21.3 Å². The van der Waals surface area contributed by atoms with Gasteiger partial charge in [0.1, 0.15) is 5.75 Å². The van der Waals surface area contributed by atoms with Gasteiger partial charge in [0, 0.05) is 12.6 Å². The van der Waals surface area contributed by atoms with Crippen LogP contribution in [-0.2, 0) is 11.2 Å². The molecule has 1 saturated heterocycles. The summed E-state index contributed by atoms with van der Waals surface area (Å²) in [4.78, 5) is 18.3. The molecule has 6 nitrogen and oxygen atoms in total. The number of carbonyl (C=O) groups excluding carboxylic acids is 1. The minimum atomic E-state index is -0.167. The van der Waals surface area contributed by atoms with Crippen LogP contribution < -0.4 is 14.2 Å². The quantitative estimate of drug-likeness (QED) is 0.469. The maximum Gasteiger partial charge on any atom is 0.237 e. The van der Waals surface area contributed by atoms with Gasteiger partial charge in [-0.1, -0.05) is 42.5 Å². The van der Waals surface area contributed by atoms with Crippen LogP contribution in [-0.4, -0.2) is 56.7 Å². The van der Waals surface area contributed by atoms with E-state index in [0.29, 0.717) is 18.8 Å². The summed E-state index contributed by atoms with van der Waals surface area (Å²) in [5.41, 5.74) is 4.61. The summed E-state index contributed by atoms with van der Waals surface area (Å²) >= 11 is 0. The molecule has 0 N–H and O–H groups in total. The molecular weight excluding hydrogens is 452 g/mol. The molecule has 0 saturated carbocycles. The molecule has 2 aliphatic heterocycles. The third-order valence-corrected chi connectivity index (χ3v) is 7.49. The first-order valence-corrected chi connectivity index (χ1v) is 12.6. The van der Waals surface area contributed by atoms with E-state index < -0.39 is 0 Å². The highest BCUT2D eigenvalue weighted by Crippen LogP contribution is 2.41. The van der Waals surface area contributed by atoms with E-state index in [4.69, 9.17) is 14.2 Å². The van der Waals surface area contributed by atoms with Crippen LogP contribution in [0.4, 0.5) is 0 Å². The molecule has 5 rings (SSSR count). The average molecular weight is 487 g/mol. The largest absolute Gasteiger partial charge is 0.497 e. The Balaban J connectivity index is 1.45. The number of likely N-dealkylation sites (tertiary alicyclic amines) is 1. The molecule has 0 bridgehead atoms. The van der Waals surface area contributed by atoms with Crippen molar-refractivity contribution in [1.29, 1.82) is 0 Å². The zero-order chi connectivity index (χ0) is 25.1. The van der Waals surface area contributed by atoms with Crippen LogP contribution in [0.5, 0.6) is 17.2 Å². The summed E-state index contributed by atoms with van der Waals surface area (Å²) in [7, 11) is 5.00. The second-order valence-electron chi connectivity index (χ2n) is 9.46. The van der Waals surface area contributed by atoms with Crippen molar-refractivity contribution in [3.8, 4) is 17.2 Å². The molecule has 1 amide bonds. The number of fused-ring (bicyclic) bond motifs is 1. The van der Waals surface area contributed by atoms with Crippen molar-refractivity contribution >= 4 is 5.91 Å². The van der Waals surface area contributed by atoms with E-state index in [1.165, 1.54) is 11.1 Å². The van der Waals surface area contributed by atoms with E-state index in [0.717, 1.165) is 48.4 Å². The minimum Gasteiger partial charge on any atom is -0.497 e. The molecule has 0 aliphatic carbocycles. The number of benzene rings is 3. The zero-order valence-electron chi connectivity index (χ0n) is 21.3. The Morgan fingerprint density at radius 2 is 1.61 bits per heavy atom.